The predicted molar refractivity (Wildman–Crippen MR) is 79.3 cm³/mol. The molecule has 0 spiro atoms. The third-order valence-corrected chi connectivity index (χ3v) is 4.16. The van der Waals surface area contributed by atoms with Crippen molar-refractivity contribution in [2.24, 2.45) is 5.92 Å². The van der Waals surface area contributed by atoms with Gasteiger partial charge in [-0.15, -0.1) is 11.3 Å². The molecule has 2 heterocycles. The number of nitrogens with zero attached hydrogens (tertiary/aromatic N) is 1. The summed E-state index contributed by atoms with van der Waals surface area (Å²) in [5, 5.41) is 5.29. The van der Waals surface area contributed by atoms with E-state index in [1.54, 1.807) is 12.1 Å². The molecule has 1 aliphatic carbocycles. The lowest BCUT2D eigenvalue weighted by Gasteiger charge is -1.98. The van der Waals surface area contributed by atoms with Gasteiger partial charge in [-0.2, -0.15) is 0 Å². The molecule has 6 nitrogen and oxygen atoms in total. The standard InChI is InChI=1S/C14H11N3O3S/c18-12(7-1-2-7)17-13-15-10(6-21-13)8-3-4-9-11(5-8)20-14(19)16-9/h3-7H,1-2H2,(H,16,19)(H,15,17,18). The van der Waals surface area contributed by atoms with Crippen molar-refractivity contribution in [3.8, 4) is 11.3 Å². The fraction of sp³-hybridized carbons (Fsp3) is 0.214. The summed E-state index contributed by atoms with van der Waals surface area (Å²) >= 11 is 1.39. The van der Waals surface area contributed by atoms with Crippen LogP contribution in [0.5, 0.6) is 0 Å². The summed E-state index contributed by atoms with van der Waals surface area (Å²) in [5.74, 6) is -0.274. The Balaban J connectivity index is 1.63. The van der Waals surface area contributed by atoms with Gasteiger partial charge in [0.25, 0.3) is 0 Å². The van der Waals surface area contributed by atoms with Gasteiger partial charge in [0.2, 0.25) is 5.91 Å². The third-order valence-electron chi connectivity index (χ3n) is 3.40. The monoisotopic (exact) mass is 301 g/mol. The Kier molecular flexibility index (Phi) is 2.68. The van der Waals surface area contributed by atoms with Gasteiger partial charge in [0.15, 0.2) is 10.7 Å². The van der Waals surface area contributed by atoms with Gasteiger partial charge in [0, 0.05) is 16.9 Å². The van der Waals surface area contributed by atoms with E-state index in [0.717, 1.165) is 24.1 Å². The van der Waals surface area contributed by atoms with Gasteiger partial charge in [0.05, 0.1) is 11.2 Å². The van der Waals surface area contributed by atoms with Crippen LogP contribution >= 0.6 is 11.3 Å². The highest BCUT2D eigenvalue weighted by molar-refractivity contribution is 7.14. The fourth-order valence-electron chi connectivity index (χ4n) is 2.12. The summed E-state index contributed by atoms with van der Waals surface area (Å²) in [4.78, 5) is 29.8. The molecule has 1 fully saturated rings. The maximum Gasteiger partial charge on any atom is 0.417 e. The Morgan fingerprint density at radius 3 is 3.10 bits per heavy atom. The number of amides is 1. The van der Waals surface area contributed by atoms with Crippen molar-refractivity contribution < 1.29 is 9.21 Å². The first kappa shape index (κ1) is 12.3. The second kappa shape index (κ2) is 4.56. The minimum absolute atomic E-state index is 0.0444. The molecule has 1 aliphatic rings. The van der Waals surface area contributed by atoms with Crippen molar-refractivity contribution in [1.29, 1.82) is 0 Å². The molecule has 0 atom stereocenters. The van der Waals surface area contributed by atoms with Crippen LogP contribution in [0.1, 0.15) is 12.8 Å². The second-order valence-electron chi connectivity index (χ2n) is 5.03. The number of rotatable bonds is 3. The Morgan fingerprint density at radius 1 is 1.43 bits per heavy atom. The zero-order chi connectivity index (χ0) is 14.4. The maximum absolute atomic E-state index is 11.7. The average Bonchev–Trinajstić information content (AvgIpc) is 3.10. The molecule has 0 saturated heterocycles. The first-order chi connectivity index (χ1) is 10.2. The third kappa shape index (κ3) is 2.36. The number of oxazole rings is 1. The highest BCUT2D eigenvalue weighted by atomic mass is 32.1. The highest BCUT2D eigenvalue weighted by Gasteiger charge is 2.30. The minimum Gasteiger partial charge on any atom is -0.408 e. The number of fused-ring (bicyclic) bond motifs is 1. The molecule has 3 aromatic rings. The normalized spacial score (nSPS) is 14.5. The first-order valence-corrected chi connectivity index (χ1v) is 7.47. The molecular formula is C14H11N3O3S. The number of aromatic nitrogens is 2. The van der Waals surface area contributed by atoms with Gasteiger partial charge in [-0.1, -0.05) is 6.07 Å². The number of carbonyl (C=O) groups excluding carboxylic acids is 1. The molecule has 0 radical (unpaired) electrons. The summed E-state index contributed by atoms with van der Waals surface area (Å²) in [7, 11) is 0. The van der Waals surface area contributed by atoms with E-state index >= 15 is 0 Å². The quantitative estimate of drug-likeness (QED) is 0.778. The van der Waals surface area contributed by atoms with Crippen molar-refractivity contribution in [2.45, 2.75) is 12.8 Å². The van der Waals surface area contributed by atoms with Crippen molar-refractivity contribution in [3.05, 3.63) is 34.1 Å². The molecule has 2 N–H and O–H groups in total. The Hall–Kier alpha value is -2.41. The molecule has 21 heavy (non-hydrogen) atoms. The highest BCUT2D eigenvalue weighted by Crippen LogP contribution is 2.32. The molecule has 106 valence electrons. The number of benzene rings is 1. The van der Waals surface area contributed by atoms with E-state index in [-0.39, 0.29) is 11.8 Å². The number of hydrogen-bond donors (Lipinski definition) is 2. The van der Waals surface area contributed by atoms with Crippen molar-refractivity contribution in [3.63, 3.8) is 0 Å². The first-order valence-electron chi connectivity index (χ1n) is 6.59. The molecule has 0 bridgehead atoms. The summed E-state index contributed by atoms with van der Waals surface area (Å²) in [6.45, 7) is 0. The van der Waals surface area contributed by atoms with Gasteiger partial charge in [-0.05, 0) is 25.0 Å². The van der Waals surface area contributed by atoms with Crippen LogP contribution in [-0.2, 0) is 4.79 Å². The van der Waals surface area contributed by atoms with E-state index < -0.39 is 5.76 Å². The van der Waals surface area contributed by atoms with Crippen LogP contribution in [-0.4, -0.2) is 15.9 Å². The zero-order valence-electron chi connectivity index (χ0n) is 10.9. The van der Waals surface area contributed by atoms with Crippen molar-refractivity contribution >= 4 is 33.5 Å². The molecule has 1 amide bonds. The smallest absolute Gasteiger partial charge is 0.408 e. The fourth-order valence-corrected chi connectivity index (χ4v) is 2.84. The van der Waals surface area contributed by atoms with Gasteiger partial charge in [-0.3, -0.25) is 9.78 Å². The lowest BCUT2D eigenvalue weighted by atomic mass is 10.1. The zero-order valence-corrected chi connectivity index (χ0v) is 11.7. The molecule has 0 unspecified atom stereocenters. The number of nitrogens with one attached hydrogen (secondary N) is 2. The van der Waals surface area contributed by atoms with E-state index in [9.17, 15) is 9.59 Å². The molecule has 1 saturated carbocycles. The summed E-state index contributed by atoms with van der Waals surface area (Å²) < 4.78 is 5.04. The largest absolute Gasteiger partial charge is 0.417 e. The van der Waals surface area contributed by atoms with E-state index in [0.29, 0.717) is 16.2 Å². The molecule has 1 aromatic carbocycles. The van der Waals surface area contributed by atoms with Gasteiger partial charge >= 0.3 is 5.76 Å². The van der Waals surface area contributed by atoms with E-state index in [1.807, 2.05) is 11.4 Å². The molecular weight excluding hydrogens is 290 g/mol. The number of aromatic amines is 1. The van der Waals surface area contributed by atoms with Gasteiger partial charge in [-0.25, -0.2) is 9.78 Å². The van der Waals surface area contributed by atoms with Crippen molar-refractivity contribution in [1.82, 2.24) is 9.97 Å². The SMILES string of the molecule is O=C(Nc1nc(-c2ccc3[nH]c(=O)oc3c2)cs1)C1CC1. The van der Waals surface area contributed by atoms with Crippen LogP contribution in [0.2, 0.25) is 0 Å². The van der Waals surface area contributed by atoms with Gasteiger partial charge in [0.1, 0.15) is 0 Å². The van der Waals surface area contributed by atoms with Crippen LogP contribution in [0, 0.1) is 5.92 Å². The molecule has 4 rings (SSSR count). The lowest BCUT2D eigenvalue weighted by Crippen LogP contribution is -2.12. The Labute approximate surface area is 122 Å². The van der Waals surface area contributed by atoms with Crippen LogP contribution < -0.4 is 11.1 Å². The van der Waals surface area contributed by atoms with Crippen LogP contribution in [0.3, 0.4) is 0 Å². The molecule has 0 aliphatic heterocycles. The summed E-state index contributed by atoms with van der Waals surface area (Å²) in [6, 6.07) is 5.39. The minimum atomic E-state index is -0.474. The van der Waals surface area contributed by atoms with E-state index in [2.05, 4.69) is 15.3 Å². The second-order valence-corrected chi connectivity index (χ2v) is 5.88. The maximum atomic E-state index is 11.7. The van der Waals surface area contributed by atoms with Crippen molar-refractivity contribution in [2.75, 3.05) is 5.32 Å². The number of anilines is 1. The number of carbonyl (C=O) groups is 1. The molecule has 2 aromatic heterocycles. The van der Waals surface area contributed by atoms with E-state index in [1.165, 1.54) is 11.3 Å². The van der Waals surface area contributed by atoms with E-state index in [4.69, 9.17) is 4.42 Å². The Morgan fingerprint density at radius 2 is 2.29 bits per heavy atom. The van der Waals surface area contributed by atoms with Crippen LogP contribution in [0.4, 0.5) is 5.13 Å². The van der Waals surface area contributed by atoms with Crippen LogP contribution in [0.25, 0.3) is 22.4 Å². The number of hydrogen-bond acceptors (Lipinski definition) is 5. The number of thiazole rings is 1. The predicted octanol–water partition coefficient (Wildman–Crippen LogP) is 2.59. The van der Waals surface area contributed by atoms with Crippen LogP contribution in [0.15, 0.2) is 32.8 Å². The lowest BCUT2D eigenvalue weighted by molar-refractivity contribution is -0.117. The Bertz CT molecular complexity index is 888. The molecule has 7 heteroatoms. The van der Waals surface area contributed by atoms with Gasteiger partial charge < -0.3 is 9.73 Å². The summed E-state index contributed by atoms with van der Waals surface area (Å²) in [5.41, 5.74) is 2.74. The average molecular weight is 301 g/mol. The number of H-pyrrole nitrogens is 1. The topological polar surface area (TPSA) is 88.0 Å². The summed E-state index contributed by atoms with van der Waals surface area (Å²) in [6.07, 6.45) is 1.93.